The number of nitrogens with one attached hydrogen (secondary N) is 2. The monoisotopic (exact) mass is 386 g/mol. The average Bonchev–Trinajstić information content (AvgIpc) is 2.57. The number of halogens is 2. The van der Waals surface area contributed by atoms with Gasteiger partial charge in [-0.1, -0.05) is 22.0 Å². The summed E-state index contributed by atoms with van der Waals surface area (Å²) in [5.41, 5.74) is 1.50. The zero-order valence-electron chi connectivity index (χ0n) is 12.3. The normalized spacial score (nSPS) is 10.2. The third-order valence-electron chi connectivity index (χ3n) is 3.07. The lowest BCUT2D eigenvalue weighted by Crippen LogP contribution is -2.14. The van der Waals surface area contributed by atoms with E-state index in [0.29, 0.717) is 11.4 Å². The van der Waals surface area contributed by atoms with Crippen LogP contribution in [0.1, 0.15) is 10.5 Å². The van der Waals surface area contributed by atoms with Crippen molar-refractivity contribution in [3.8, 4) is 0 Å². The highest BCUT2D eigenvalue weighted by Gasteiger charge is 2.09. The molecule has 0 radical (unpaired) electrons. The fourth-order valence-corrected chi connectivity index (χ4v) is 2.37. The van der Waals surface area contributed by atoms with Crippen LogP contribution in [0.25, 0.3) is 0 Å². The summed E-state index contributed by atoms with van der Waals surface area (Å²) >= 11 is 3.35. The van der Waals surface area contributed by atoms with Crippen LogP contribution in [0, 0.1) is 5.82 Å². The summed E-state index contributed by atoms with van der Waals surface area (Å²) in [6.07, 6.45) is 1.48. The Morgan fingerprint density at radius 2 is 1.83 bits per heavy atom. The minimum atomic E-state index is -0.349. The van der Waals surface area contributed by atoms with Crippen LogP contribution in [0.15, 0.2) is 65.3 Å². The molecule has 7 heteroatoms. The number of nitrogens with zero attached hydrogens (tertiary/aromatic N) is 2. The van der Waals surface area contributed by atoms with E-state index < -0.39 is 0 Å². The van der Waals surface area contributed by atoms with Crippen LogP contribution in [-0.2, 0) is 0 Å². The van der Waals surface area contributed by atoms with Crippen LogP contribution in [0.5, 0.6) is 0 Å². The van der Waals surface area contributed by atoms with Crippen LogP contribution in [0.2, 0.25) is 0 Å². The molecule has 24 heavy (non-hydrogen) atoms. The van der Waals surface area contributed by atoms with Gasteiger partial charge in [-0.3, -0.25) is 4.79 Å². The van der Waals surface area contributed by atoms with Gasteiger partial charge in [0.05, 0.1) is 0 Å². The van der Waals surface area contributed by atoms with Crippen molar-refractivity contribution in [1.82, 2.24) is 9.97 Å². The van der Waals surface area contributed by atoms with Gasteiger partial charge in [-0.15, -0.1) is 0 Å². The predicted octanol–water partition coefficient (Wildman–Crippen LogP) is 4.37. The van der Waals surface area contributed by atoms with Gasteiger partial charge in [0, 0.05) is 22.0 Å². The molecule has 0 bridgehead atoms. The number of hydrogen-bond donors (Lipinski definition) is 2. The second-order valence-corrected chi connectivity index (χ2v) is 5.78. The van der Waals surface area contributed by atoms with Crippen LogP contribution < -0.4 is 10.6 Å². The van der Waals surface area contributed by atoms with E-state index in [4.69, 9.17) is 0 Å². The third-order valence-corrected chi connectivity index (χ3v) is 3.56. The SMILES string of the molecule is O=C(Nc1cccc(Br)c1)c1ccnc(Nc2ccc(F)cc2)n1. The van der Waals surface area contributed by atoms with Crippen molar-refractivity contribution in [3.63, 3.8) is 0 Å². The molecule has 0 aliphatic heterocycles. The van der Waals surface area contributed by atoms with Crippen LogP contribution >= 0.6 is 15.9 Å². The maximum absolute atomic E-state index is 12.9. The molecule has 1 heterocycles. The largest absolute Gasteiger partial charge is 0.324 e. The summed E-state index contributed by atoms with van der Waals surface area (Å²) in [6.45, 7) is 0. The molecule has 0 atom stereocenters. The number of aromatic nitrogens is 2. The van der Waals surface area contributed by atoms with Crippen molar-refractivity contribution < 1.29 is 9.18 Å². The van der Waals surface area contributed by atoms with Crippen LogP contribution in [0.3, 0.4) is 0 Å². The molecule has 3 rings (SSSR count). The molecular weight excluding hydrogens is 375 g/mol. The van der Waals surface area contributed by atoms with E-state index in [1.165, 1.54) is 24.4 Å². The van der Waals surface area contributed by atoms with E-state index in [9.17, 15) is 9.18 Å². The second kappa shape index (κ2) is 7.18. The quantitative estimate of drug-likeness (QED) is 0.698. The number of benzene rings is 2. The molecule has 0 aliphatic carbocycles. The molecule has 2 aromatic carbocycles. The maximum Gasteiger partial charge on any atom is 0.274 e. The zero-order chi connectivity index (χ0) is 16.9. The number of carbonyl (C=O) groups excluding carboxylic acids is 1. The van der Waals surface area contributed by atoms with Gasteiger partial charge in [0.25, 0.3) is 5.91 Å². The Kier molecular flexibility index (Phi) is 4.81. The van der Waals surface area contributed by atoms with Gasteiger partial charge < -0.3 is 10.6 Å². The Bertz CT molecular complexity index is 870. The molecule has 0 saturated carbocycles. The smallest absolute Gasteiger partial charge is 0.274 e. The minimum Gasteiger partial charge on any atom is -0.324 e. The Morgan fingerprint density at radius 1 is 1.04 bits per heavy atom. The molecule has 2 N–H and O–H groups in total. The van der Waals surface area contributed by atoms with Crippen molar-refractivity contribution in [2.45, 2.75) is 0 Å². The lowest BCUT2D eigenvalue weighted by Gasteiger charge is -2.07. The van der Waals surface area contributed by atoms with E-state index in [1.54, 1.807) is 24.3 Å². The highest BCUT2D eigenvalue weighted by molar-refractivity contribution is 9.10. The third kappa shape index (κ3) is 4.14. The van der Waals surface area contributed by atoms with Crippen LogP contribution in [-0.4, -0.2) is 15.9 Å². The summed E-state index contributed by atoms with van der Waals surface area (Å²) in [5, 5.41) is 5.68. The van der Waals surface area contributed by atoms with Gasteiger partial charge in [0.2, 0.25) is 5.95 Å². The predicted molar refractivity (Wildman–Crippen MR) is 93.8 cm³/mol. The van der Waals surface area contributed by atoms with Crippen molar-refractivity contribution >= 4 is 39.2 Å². The first-order valence-corrected chi connectivity index (χ1v) is 7.82. The maximum atomic E-state index is 12.9. The highest BCUT2D eigenvalue weighted by Crippen LogP contribution is 2.17. The number of anilines is 3. The van der Waals surface area contributed by atoms with Gasteiger partial charge in [-0.05, 0) is 48.5 Å². The minimum absolute atomic E-state index is 0.217. The summed E-state index contributed by atoms with van der Waals surface area (Å²) in [7, 11) is 0. The van der Waals surface area contributed by atoms with Crippen molar-refractivity contribution in [2.75, 3.05) is 10.6 Å². The molecule has 5 nitrogen and oxygen atoms in total. The molecule has 1 amide bonds. The van der Waals surface area contributed by atoms with Gasteiger partial charge in [0.15, 0.2) is 0 Å². The molecule has 3 aromatic rings. The Balaban J connectivity index is 1.74. The second-order valence-electron chi connectivity index (χ2n) is 4.86. The topological polar surface area (TPSA) is 66.9 Å². The Hall–Kier alpha value is -2.80. The molecular formula is C17H12BrFN4O. The average molecular weight is 387 g/mol. The standard InChI is InChI=1S/C17H12BrFN4O/c18-11-2-1-3-14(10-11)21-16(24)15-8-9-20-17(23-15)22-13-6-4-12(19)5-7-13/h1-10H,(H,21,24)(H,20,22,23). The fourth-order valence-electron chi connectivity index (χ4n) is 1.97. The lowest BCUT2D eigenvalue weighted by molar-refractivity contribution is 0.102. The van der Waals surface area contributed by atoms with Crippen molar-refractivity contribution in [3.05, 3.63) is 76.8 Å². The summed E-state index contributed by atoms with van der Waals surface area (Å²) < 4.78 is 13.8. The van der Waals surface area contributed by atoms with E-state index in [1.807, 2.05) is 12.1 Å². The van der Waals surface area contributed by atoms with Gasteiger partial charge >= 0.3 is 0 Å². The van der Waals surface area contributed by atoms with Gasteiger partial charge in [-0.2, -0.15) is 0 Å². The molecule has 0 aliphatic rings. The molecule has 0 fully saturated rings. The first kappa shape index (κ1) is 16.1. The summed E-state index contributed by atoms with van der Waals surface area (Å²) in [6, 6.07) is 14.5. The van der Waals surface area contributed by atoms with Crippen LogP contribution in [0.4, 0.5) is 21.7 Å². The summed E-state index contributed by atoms with van der Waals surface area (Å²) in [4.78, 5) is 20.5. The number of hydrogen-bond acceptors (Lipinski definition) is 4. The highest BCUT2D eigenvalue weighted by atomic mass is 79.9. The van der Waals surface area contributed by atoms with Gasteiger partial charge in [-0.25, -0.2) is 14.4 Å². The number of rotatable bonds is 4. The van der Waals surface area contributed by atoms with Gasteiger partial charge in [0.1, 0.15) is 11.5 Å². The molecule has 0 spiro atoms. The molecule has 0 saturated heterocycles. The molecule has 120 valence electrons. The molecule has 1 aromatic heterocycles. The zero-order valence-corrected chi connectivity index (χ0v) is 13.9. The lowest BCUT2D eigenvalue weighted by atomic mass is 10.3. The van der Waals surface area contributed by atoms with E-state index in [2.05, 4.69) is 36.5 Å². The number of carbonyl (C=O) groups is 1. The fraction of sp³-hybridized carbons (Fsp3) is 0. The van der Waals surface area contributed by atoms with E-state index >= 15 is 0 Å². The Morgan fingerprint density at radius 3 is 2.58 bits per heavy atom. The first-order chi connectivity index (χ1) is 11.6. The molecule has 0 unspecified atom stereocenters. The Labute approximate surface area is 146 Å². The van der Waals surface area contributed by atoms with E-state index in [0.717, 1.165) is 4.47 Å². The summed E-state index contributed by atoms with van der Waals surface area (Å²) in [5.74, 6) is -0.426. The van der Waals surface area contributed by atoms with Crippen molar-refractivity contribution in [1.29, 1.82) is 0 Å². The number of amides is 1. The first-order valence-electron chi connectivity index (χ1n) is 7.03. The van der Waals surface area contributed by atoms with E-state index in [-0.39, 0.29) is 23.4 Å². The van der Waals surface area contributed by atoms with Crippen molar-refractivity contribution in [2.24, 2.45) is 0 Å².